The van der Waals surface area contributed by atoms with Crippen molar-refractivity contribution in [2.75, 3.05) is 31.7 Å². The van der Waals surface area contributed by atoms with Gasteiger partial charge in [0.05, 0.1) is 13.0 Å². The number of carbonyl (C=O) groups is 4. The number of hydrogen-bond acceptors (Lipinski definition) is 7. The highest BCUT2D eigenvalue weighted by atomic mass is 32.2. The SMILES string of the molecule is C=CCN(C(=O)C(CCSC)NC(=O)OC(C)(C)C)C(C(=O)NCCC(=O)OCC)c1ccccc1C. The molecule has 3 amide bonds. The molecule has 1 aromatic carbocycles. The Morgan fingerprint density at radius 2 is 1.86 bits per heavy atom. The predicted molar refractivity (Wildman–Crippen MR) is 146 cm³/mol. The lowest BCUT2D eigenvalue weighted by Gasteiger charge is -2.34. The van der Waals surface area contributed by atoms with Crippen LogP contribution >= 0.6 is 11.8 Å². The molecule has 2 N–H and O–H groups in total. The van der Waals surface area contributed by atoms with Gasteiger partial charge < -0.3 is 25.0 Å². The maximum absolute atomic E-state index is 13.9. The van der Waals surface area contributed by atoms with E-state index >= 15 is 0 Å². The number of amides is 3. The van der Waals surface area contributed by atoms with Gasteiger partial charge in [0.1, 0.15) is 17.7 Å². The van der Waals surface area contributed by atoms with Gasteiger partial charge in [0, 0.05) is 13.1 Å². The number of nitrogens with one attached hydrogen (secondary N) is 2. The summed E-state index contributed by atoms with van der Waals surface area (Å²) in [5.41, 5.74) is 0.711. The van der Waals surface area contributed by atoms with Crippen molar-refractivity contribution in [1.29, 1.82) is 0 Å². The molecule has 2 atom stereocenters. The third-order valence-corrected chi connectivity index (χ3v) is 5.83. The van der Waals surface area contributed by atoms with Gasteiger partial charge in [0.2, 0.25) is 11.8 Å². The highest BCUT2D eigenvalue weighted by Crippen LogP contribution is 2.26. The molecule has 9 nitrogen and oxygen atoms in total. The molecule has 0 spiro atoms. The molecule has 0 heterocycles. The summed E-state index contributed by atoms with van der Waals surface area (Å²) in [7, 11) is 0. The third kappa shape index (κ3) is 11.3. The van der Waals surface area contributed by atoms with E-state index in [0.29, 0.717) is 17.7 Å². The van der Waals surface area contributed by atoms with Crippen molar-refractivity contribution < 1.29 is 28.7 Å². The predicted octanol–water partition coefficient (Wildman–Crippen LogP) is 3.77. The number of nitrogens with zero attached hydrogens (tertiary/aromatic N) is 1. The first-order chi connectivity index (χ1) is 17.4. The van der Waals surface area contributed by atoms with Crippen LogP contribution in [0.2, 0.25) is 0 Å². The molecular formula is C27H41N3O6S. The van der Waals surface area contributed by atoms with Gasteiger partial charge in [-0.3, -0.25) is 14.4 Å². The van der Waals surface area contributed by atoms with Crippen molar-refractivity contribution in [1.82, 2.24) is 15.5 Å². The Kier molecular flexibility index (Phi) is 13.8. The van der Waals surface area contributed by atoms with Gasteiger partial charge in [0.25, 0.3) is 0 Å². The Bertz CT molecular complexity index is 931. The number of thioether (sulfide) groups is 1. The van der Waals surface area contributed by atoms with E-state index in [1.807, 2.05) is 25.3 Å². The summed E-state index contributed by atoms with van der Waals surface area (Å²) >= 11 is 1.54. The Hall–Kier alpha value is -3.01. The number of aryl methyl sites for hydroxylation is 1. The molecule has 2 unspecified atom stereocenters. The van der Waals surface area contributed by atoms with Crippen LogP contribution < -0.4 is 10.6 Å². The van der Waals surface area contributed by atoms with Crippen molar-refractivity contribution in [3.63, 3.8) is 0 Å². The van der Waals surface area contributed by atoms with Crippen LogP contribution in [0.25, 0.3) is 0 Å². The smallest absolute Gasteiger partial charge is 0.408 e. The Labute approximate surface area is 224 Å². The van der Waals surface area contributed by atoms with Crippen LogP contribution in [-0.2, 0) is 23.9 Å². The molecule has 0 radical (unpaired) electrons. The summed E-state index contributed by atoms with van der Waals surface area (Å²) in [5, 5.41) is 5.45. The standard InChI is InChI=1S/C27H41N3O6S/c1-8-17-30(25(33)21(15-18-37-7)29-26(34)36-27(4,5)6)23(20-13-11-10-12-19(20)3)24(32)28-16-14-22(31)35-9-2/h8,10-13,21,23H,1,9,14-18H2,2-7H3,(H,28,32)(H,29,34). The second kappa shape index (κ2) is 16.0. The summed E-state index contributed by atoms with van der Waals surface area (Å²) in [6.07, 6.45) is 3.08. The van der Waals surface area contributed by atoms with E-state index in [0.717, 1.165) is 5.56 Å². The van der Waals surface area contributed by atoms with Gasteiger partial charge in [-0.15, -0.1) is 6.58 Å². The zero-order chi connectivity index (χ0) is 28.0. The fraction of sp³-hybridized carbons (Fsp3) is 0.556. The lowest BCUT2D eigenvalue weighted by Crippen LogP contribution is -2.53. The van der Waals surface area contributed by atoms with E-state index in [9.17, 15) is 19.2 Å². The maximum Gasteiger partial charge on any atom is 0.408 e. The summed E-state index contributed by atoms with van der Waals surface area (Å²) in [4.78, 5) is 53.1. The molecule has 1 rings (SSSR count). The minimum atomic E-state index is -1.01. The van der Waals surface area contributed by atoms with E-state index in [1.54, 1.807) is 39.8 Å². The largest absolute Gasteiger partial charge is 0.466 e. The first kappa shape index (κ1) is 32.0. The van der Waals surface area contributed by atoms with Gasteiger partial charge >= 0.3 is 12.1 Å². The van der Waals surface area contributed by atoms with Crippen molar-refractivity contribution >= 4 is 35.6 Å². The summed E-state index contributed by atoms with van der Waals surface area (Å²) in [6, 6.07) is 5.36. The van der Waals surface area contributed by atoms with E-state index in [2.05, 4.69) is 17.2 Å². The number of esters is 1. The topological polar surface area (TPSA) is 114 Å². The van der Waals surface area contributed by atoms with E-state index in [4.69, 9.17) is 9.47 Å². The second-order valence-corrected chi connectivity index (χ2v) is 10.4. The fourth-order valence-electron chi connectivity index (χ4n) is 3.57. The third-order valence-electron chi connectivity index (χ3n) is 5.19. The molecular weight excluding hydrogens is 494 g/mol. The molecule has 0 aliphatic rings. The van der Waals surface area contributed by atoms with Gasteiger partial charge in [0.15, 0.2) is 0 Å². The number of rotatable bonds is 14. The first-order valence-electron chi connectivity index (χ1n) is 12.3. The quantitative estimate of drug-likeness (QED) is 0.275. The number of benzene rings is 1. The second-order valence-electron chi connectivity index (χ2n) is 9.36. The molecule has 0 aliphatic carbocycles. The van der Waals surface area contributed by atoms with Crippen LogP contribution in [0.3, 0.4) is 0 Å². The Morgan fingerprint density at radius 3 is 2.43 bits per heavy atom. The van der Waals surface area contributed by atoms with Crippen molar-refractivity contribution in [2.24, 2.45) is 0 Å². The first-order valence-corrected chi connectivity index (χ1v) is 13.7. The highest BCUT2D eigenvalue weighted by Gasteiger charge is 2.36. The molecule has 206 valence electrons. The average Bonchev–Trinajstić information content (AvgIpc) is 2.81. The van der Waals surface area contributed by atoms with Crippen LogP contribution in [0.4, 0.5) is 4.79 Å². The molecule has 0 bridgehead atoms. The molecule has 0 aromatic heterocycles. The van der Waals surface area contributed by atoms with Crippen molar-refractivity contribution in [3.05, 3.63) is 48.0 Å². The highest BCUT2D eigenvalue weighted by molar-refractivity contribution is 7.98. The normalized spacial score (nSPS) is 12.6. The minimum absolute atomic E-state index is 0.00598. The van der Waals surface area contributed by atoms with Gasteiger partial charge in [-0.1, -0.05) is 30.3 Å². The van der Waals surface area contributed by atoms with Gasteiger partial charge in [-0.25, -0.2) is 4.79 Å². The molecule has 37 heavy (non-hydrogen) atoms. The average molecular weight is 536 g/mol. The van der Waals surface area contributed by atoms with Crippen LogP contribution in [0, 0.1) is 6.92 Å². The van der Waals surface area contributed by atoms with Gasteiger partial charge in [-0.2, -0.15) is 11.8 Å². The van der Waals surface area contributed by atoms with Crippen LogP contribution in [-0.4, -0.2) is 72.1 Å². The summed E-state index contributed by atoms with van der Waals surface area (Å²) in [6.45, 7) is 12.9. The zero-order valence-corrected chi connectivity index (χ0v) is 23.6. The molecule has 0 aliphatic heterocycles. The molecule has 0 saturated carbocycles. The molecule has 10 heteroatoms. The van der Waals surface area contributed by atoms with Crippen molar-refractivity contribution in [2.45, 2.75) is 65.1 Å². The maximum atomic E-state index is 13.9. The number of alkyl carbamates (subject to hydrolysis) is 1. The fourth-order valence-corrected chi connectivity index (χ4v) is 4.04. The van der Waals surface area contributed by atoms with E-state index in [1.165, 1.54) is 22.7 Å². The summed E-state index contributed by atoms with van der Waals surface area (Å²) in [5.74, 6) is -0.703. The van der Waals surface area contributed by atoms with Crippen molar-refractivity contribution in [3.8, 4) is 0 Å². The molecule has 0 fully saturated rings. The number of hydrogen-bond donors (Lipinski definition) is 2. The number of ether oxygens (including phenoxy) is 2. The lowest BCUT2D eigenvalue weighted by atomic mass is 9.98. The van der Waals surface area contributed by atoms with Crippen LogP contribution in [0.5, 0.6) is 0 Å². The minimum Gasteiger partial charge on any atom is -0.466 e. The van der Waals surface area contributed by atoms with Crippen LogP contribution in [0.1, 0.15) is 57.7 Å². The number of carbonyl (C=O) groups excluding carboxylic acids is 4. The van der Waals surface area contributed by atoms with E-state index in [-0.39, 0.29) is 26.1 Å². The summed E-state index contributed by atoms with van der Waals surface area (Å²) < 4.78 is 10.3. The molecule has 1 aromatic rings. The van der Waals surface area contributed by atoms with Gasteiger partial charge in [-0.05, 0) is 64.2 Å². The zero-order valence-electron chi connectivity index (χ0n) is 22.8. The Balaban J connectivity index is 3.34. The monoisotopic (exact) mass is 535 g/mol. The molecule has 0 saturated heterocycles. The van der Waals surface area contributed by atoms with E-state index < -0.39 is 41.6 Å². The van der Waals surface area contributed by atoms with Crippen LogP contribution in [0.15, 0.2) is 36.9 Å². The lowest BCUT2D eigenvalue weighted by molar-refractivity contribution is -0.144. The Morgan fingerprint density at radius 1 is 1.19 bits per heavy atom.